The molecule has 0 saturated heterocycles. The summed E-state index contributed by atoms with van der Waals surface area (Å²) in [5.41, 5.74) is 2.33. The summed E-state index contributed by atoms with van der Waals surface area (Å²) in [6.07, 6.45) is 3.82. The number of rotatable bonds is 6. The molecule has 0 unspecified atom stereocenters. The largest absolute Gasteiger partial charge is 0.337 e. The third-order valence-electron chi connectivity index (χ3n) is 3.80. The van der Waals surface area contributed by atoms with Crippen molar-refractivity contribution in [1.82, 2.24) is 25.2 Å². The van der Waals surface area contributed by atoms with Gasteiger partial charge in [0.15, 0.2) is 0 Å². The minimum atomic E-state index is -0.278. The van der Waals surface area contributed by atoms with Gasteiger partial charge in [0.05, 0.1) is 18.8 Å². The normalized spacial score (nSPS) is 12.5. The maximum absolute atomic E-state index is 13.7. The smallest absolute Gasteiger partial charge is 0.243 e. The van der Waals surface area contributed by atoms with Crippen molar-refractivity contribution in [2.75, 3.05) is 6.54 Å². The fourth-order valence-electron chi connectivity index (χ4n) is 2.33. The lowest BCUT2D eigenvalue weighted by atomic mass is 10.1. The van der Waals surface area contributed by atoms with Crippen molar-refractivity contribution in [3.8, 4) is 11.4 Å². The first-order chi connectivity index (χ1) is 11.5. The Bertz CT molecular complexity index is 826. The lowest BCUT2D eigenvalue weighted by Gasteiger charge is -2.09. The lowest BCUT2D eigenvalue weighted by Crippen LogP contribution is -2.23. The van der Waals surface area contributed by atoms with E-state index >= 15 is 0 Å². The van der Waals surface area contributed by atoms with Crippen LogP contribution in [0.5, 0.6) is 0 Å². The van der Waals surface area contributed by atoms with Crippen molar-refractivity contribution in [3.05, 3.63) is 53.4 Å². The summed E-state index contributed by atoms with van der Waals surface area (Å²) in [6.45, 7) is 7.14. The van der Waals surface area contributed by atoms with Gasteiger partial charge in [0, 0.05) is 18.3 Å². The predicted octanol–water partition coefficient (Wildman–Crippen LogP) is 3.04. The van der Waals surface area contributed by atoms with Gasteiger partial charge >= 0.3 is 0 Å². The second-order valence-corrected chi connectivity index (χ2v) is 5.88. The Morgan fingerprint density at radius 3 is 2.88 bits per heavy atom. The maximum Gasteiger partial charge on any atom is 0.243 e. The molecule has 24 heavy (non-hydrogen) atoms. The number of hydrogen-bond acceptors (Lipinski definition) is 5. The summed E-state index contributed by atoms with van der Waals surface area (Å²) >= 11 is 0. The van der Waals surface area contributed by atoms with E-state index in [4.69, 9.17) is 4.52 Å². The molecular formula is C17H20FN5O. The van der Waals surface area contributed by atoms with E-state index in [2.05, 4.69) is 20.6 Å². The summed E-state index contributed by atoms with van der Waals surface area (Å²) in [5, 5.41) is 11.5. The Morgan fingerprint density at radius 1 is 1.33 bits per heavy atom. The number of nitrogens with zero attached hydrogens (tertiary/aromatic N) is 4. The Balaban J connectivity index is 1.60. The SMILES string of the molecule is Cc1cnn(CCN[C@@H](C)c2nc(-c3ccc(C)c(F)c3)no2)c1. The zero-order valence-corrected chi connectivity index (χ0v) is 14.0. The van der Waals surface area contributed by atoms with Crippen molar-refractivity contribution in [2.24, 2.45) is 0 Å². The standard InChI is InChI=1S/C17H20FN5O/c1-11-9-20-23(10-11)7-6-19-13(3)17-21-16(22-24-17)14-5-4-12(2)15(18)8-14/h4-5,8-10,13,19H,6-7H2,1-3H3/t13-/m0/s1. The van der Waals surface area contributed by atoms with Gasteiger partial charge in [0.25, 0.3) is 0 Å². The van der Waals surface area contributed by atoms with Gasteiger partial charge in [-0.15, -0.1) is 0 Å². The molecule has 6 nitrogen and oxygen atoms in total. The molecule has 1 atom stereocenters. The van der Waals surface area contributed by atoms with Gasteiger partial charge in [0.1, 0.15) is 5.82 Å². The van der Waals surface area contributed by atoms with Crippen LogP contribution >= 0.6 is 0 Å². The van der Waals surface area contributed by atoms with Crippen LogP contribution in [0.1, 0.15) is 30.0 Å². The maximum atomic E-state index is 13.7. The molecule has 0 amide bonds. The van der Waals surface area contributed by atoms with E-state index < -0.39 is 0 Å². The van der Waals surface area contributed by atoms with Crippen LogP contribution in [-0.4, -0.2) is 26.5 Å². The van der Waals surface area contributed by atoms with Gasteiger partial charge in [-0.1, -0.05) is 17.3 Å². The van der Waals surface area contributed by atoms with Crippen LogP contribution in [0.2, 0.25) is 0 Å². The summed E-state index contributed by atoms with van der Waals surface area (Å²) in [5.74, 6) is 0.586. The van der Waals surface area contributed by atoms with Crippen LogP contribution in [0.4, 0.5) is 4.39 Å². The van der Waals surface area contributed by atoms with Crippen molar-refractivity contribution < 1.29 is 8.91 Å². The monoisotopic (exact) mass is 329 g/mol. The molecule has 0 aliphatic carbocycles. The minimum Gasteiger partial charge on any atom is -0.337 e. The second kappa shape index (κ2) is 6.92. The molecular weight excluding hydrogens is 309 g/mol. The molecule has 0 aliphatic heterocycles. The predicted molar refractivity (Wildman–Crippen MR) is 87.8 cm³/mol. The van der Waals surface area contributed by atoms with Gasteiger partial charge in [-0.05, 0) is 38.0 Å². The molecule has 0 bridgehead atoms. The molecule has 0 saturated carbocycles. The Labute approximate surface area is 139 Å². The van der Waals surface area contributed by atoms with Gasteiger partial charge in [-0.3, -0.25) is 4.68 Å². The first-order valence-electron chi connectivity index (χ1n) is 7.85. The zero-order chi connectivity index (χ0) is 17.1. The third-order valence-corrected chi connectivity index (χ3v) is 3.80. The highest BCUT2D eigenvalue weighted by Gasteiger charge is 2.15. The van der Waals surface area contributed by atoms with E-state index in [1.54, 1.807) is 19.1 Å². The number of benzene rings is 1. The van der Waals surface area contributed by atoms with E-state index in [0.717, 1.165) is 18.7 Å². The molecule has 3 aromatic rings. The number of aromatic nitrogens is 4. The molecule has 0 spiro atoms. The van der Waals surface area contributed by atoms with Crippen LogP contribution in [0, 0.1) is 19.7 Å². The van der Waals surface area contributed by atoms with Crippen LogP contribution in [-0.2, 0) is 6.54 Å². The van der Waals surface area contributed by atoms with Crippen LogP contribution in [0.3, 0.4) is 0 Å². The van der Waals surface area contributed by atoms with Crippen LogP contribution < -0.4 is 5.32 Å². The molecule has 2 aromatic heterocycles. The average Bonchev–Trinajstić information content (AvgIpc) is 3.19. The Hall–Kier alpha value is -2.54. The molecule has 3 rings (SSSR count). The minimum absolute atomic E-state index is 0.0989. The van der Waals surface area contributed by atoms with Gasteiger partial charge in [-0.2, -0.15) is 10.1 Å². The number of hydrogen-bond donors (Lipinski definition) is 1. The topological polar surface area (TPSA) is 68.8 Å². The highest BCUT2D eigenvalue weighted by atomic mass is 19.1. The van der Waals surface area contributed by atoms with Crippen molar-refractivity contribution in [1.29, 1.82) is 0 Å². The van der Waals surface area contributed by atoms with E-state index in [1.165, 1.54) is 6.07 Å². The summed E-state index contributed by atoms with van der Waals surface area (Å²) in [6, 6.07) is 4.81. The lowest BCUT2D eigenvalue weighted by molar-refractivity contribution is 0.336. The average molecular weight is 329 g/mol. The fraction of sp³-hybridized carbons (Fsp3) is 0.353. The molecule has 0 aliphatic rings. The molecule has 7 heteroatoms. The third kappa shape index (κ3) is 3.68. The first-order valence-corrected chi connectivity index (χ1v) is 7.85. The molecule has 2 heterocycles. The quantitative estimate of drug-likeness (QED) is 0.753. The van der Waals surface area contributed by atoms with E-state index in [9.17, 15) is 4.39 Å². The summed E-state index contributed by atoms with van der Waals surface area (Å²) in [4.78, 5) is 4.35. The highest BCUT2D eigenvalue weighted by Crippen LogP contribution is 2.20. The van der Waals surface area contributed by atoms with E-state index in [-0.39, 0.29) is 11.9 Å². The van der Waals surface area contributed by atoms with Crippen molar-refractivity contribution >= 4 is 0 Å². The summed E-state index contributed by atoms with van der Waals surface area (Å²) < 4.78 is 20.8. The van der Waals surface area contributed by atoms with Crippen molar-refractivity contribution in [3.63, 3.8) is 0 Å². The summed E-state index contributed by atoms with van der Waals surface area (Å²) in [7, 11) is 0. The second-order valence-electron chi connectivity index (χ2n) is 5.88. The first kappa shape index (κ1) is 16.3. The highest BCUT2D eigenvalue weighted by molar-refractivity contribution is 5.54. The van der Waals surface area contributed by atoms with Crippen molar-refractivity contribution in [2.45, 2.75) is 33.4 Å². The van der Waals surface area contributed by atoms with E-state index in [1.807, 2.05) is 30.9 Å². The number of nitrogens with one attached hydrogen (secondary N) is 1. The molecule has 1 aromatic carbocycles. The van der Waals surface area contributed by atoms with Gasteiger partial charge in [0.2, 0.25) is 11.7 Å². The molecule has 1 N–H and O–H groups in total. The Morgan fingerprint density at radius 2 is 2.17 bits per heavy atom. The van der Waals surface area contributed by atoms with Crippen LogP contribution in [0.15, 0.2) is 35.1 Å². The number of halogens is 1. The van der Waals surface area contributed by atoms with Gasteiger partial charge < -0.3 is 9.84 Å². The molecule has 0 radical (unpaired) electrons. The Kier molecular flexibility index (Phi) is 4.71. The zero-order valence-electron chi connectivity index (χ0n) is 14.0. The fourth-order valence-corrected chi connectivity index (χ4v) is 2.33. The van der Waals surface area contributed by atoms with E-state index in [0.29, 0.717) is 22.8 Å². The molecule has 0 fully saturated rings. The van der Waals surface area contributed by atoms with Crippen LogP contribution in [0.25, 0.3) is 11.4 Å². The van der Waals surface area contributed by atoms with Gasteiger partial charge in [-0.25, -0.2) is 4.39 Å². The number of aryl methyl sites for hydroxylation is 2. The molecule has 126 valence electrons.